The number of halogens is 1. The first-order chi connectivity index (χ1) is 13.7. The molecule has 0 aliphatic carbocycles. The molecule has 4 aromatic rings. The predicted molar refractivity (Wildman–Crippen MR) is 114 cm³/mol. The monoisotopic (exact) mass is 390 g/mol. The smallest absolute Gasteiger partial charge is 0.257 e. The van der Waals surface area contributed by atoms with Crippen molar-refractivity contribution in [3.63, 3.8) is 0 Å². The summed E-state index contributed by atoms with van der Waals surface area (Å²) in [6, 6.07) is 17.2. The number of nitrogens with zero attached hydrogens (tertiary/aromatic N) is 1. The van der Waals surface area contributed by atoms with Gasteiger partial charge in [-0.3, -0.25) is 9.78 Å². The zero-order valence-electron chi connectivity index (χ0n) is 15.1. The lowest BCUT2D eigenvalue weighted by atomic mass is 10.1. The average molecular weight is 391 g/mol. The number of rotatable bonds is 6. The highest BCUT2D eigenvalue weighted by Gasteiger charge is 2.10. The van der Waals surface area contributed by atoms with Gasteiger partial charge in [0.2, 0.25) is 0 Å². The van der Waals surface area contributed by atoms with E-state index in [1.54, 1.807) is 24.4 Å². The maximum Gasteiger partial charge on any atom is 0.257 e. The number of fused-ring (bicyclic) bond motifs is 1. The van der Waals surface area contributed by atoms with Gasteiger partial charge in [-0.1, -0.05) is 41.9 Å². The van der Waals surface area contributed by atoms with Crippen LogP contribution in [0.3, 0.4) is 0 Å². The fourth-order valence-electron chi connectivity index (χ4n) is 3.10. The molecule has 6 heteroatoms. The molecule has 2 aromatic heterocycles. The Morgan fingerprint density at radius 2 is 1.89 bits per heavy atom. The number of benzene rings is 2. The fourth-order valence-corrected chi connectivity index (χ4v) is 3.28. The van der Waals surface area contributed by atoms with E-state index < -0.39 is 0 Å². The highest BCUT2D eigenvalue weighted by atomic mass is 35.5. The van der Waals surface area contributed by atoms with E-state index in [2.05, 4.69) is 32.7 Å². The molecule has 0 bridgehead atoms. The second-order valence-electron chi connectivity index (χ2n) is 6.43. The van der Waals surface area contributed by atoms with Gasteiger partial charge < -0.3 is 15.6 Å². The molecule has 5 nitrogen and oxygen atoms in total. The largest absolute Gasteiger partial charge is 0.383 e. The van der Waals surface area contributed by atoms with Crippen molar-refractivity contribution >= 4 is 39.8 Å². The van der Waals surface area contributed by atoms with E-state index in [0.717, 1.165) is 24.2 Å². The lowest BCUT2D eigenvalue weighted by Gasteiger charge is -2.09. The summed E-state index contributed by atoms with van der Waals surface area (Å²) in [6.07, 6.45) is 6.15. The van der Waals surface area contributed by atoms with Gasteiger partial charge in [0.05, 0.1) is 22.0 Å². The molecule has 0 spiro atoms. The van der Waals surface area contributed by atoms with Crippen molar-refractivity contribution in [1.29, 1.82) is 0 Å². The first-order valence-corrected chi connectivity index (χ1v) is 9.38. The molecule has 0 atom stereocenters. The summed E-state index contributed by atoms with van der Waals surface area (Å²) in [5, 5.41) is 7.87. The van der Waals surface area contributed by atoms with Crippen LogP contribution in [0.15, 0.2) is 73.2 Å². The number of nitrogens with one attached hydrogen (secondary N) is 3. The van der Waals surface area contributed by atoms with Crippen molar-refractivity contribution in [1.82, 2.24) is 9.97 Å². The Morgan fingerprint density at radius 3 is 2.79 bits per heavy atom. The zero-order chi connectivity index (χ0) is 19.3. The maximum atomic E-state index is 12.5. The number of pyridine rings is 1. The third kappa shape index (κ3) is 4.00. The maximum absolute atomic E-state index is 12.5. The second kappa shape index (κ2) is 8.15. The number of aromatic amines is 1. The molecule has 0 fully saturated rings. The molecule has 2 aromatic carbocycles. The Balaban J connectivity index is 1.39. The number of aromatic nitrogens is 2. The van der Waals surface area contributed by atoms with Crippen LogP contribution in [0.4, 0.5) is 11.4 Å². The van der Waals surface area contributed by atoms with E-state index in [0.29, 0.717) is 16.3 Å². The van der Waals surface area contributed by atoms with Gasteiger partial charge in [0.25, 0.3) is 5.91 Å². The van der Waals surface area contributed by atoms with Crippen LogP contribution >= 0.6 is 11.6 Å². The van der Waals surface area contributed by atoms with Crippen LogP contribution < -0.4 is 10.6 Å². The van der Waals surface area contributed by atoms with Crippen LogP contribution in [0.1, 0.15) is 15.9 Å². The minimum absolute atomic E-state index is 0.249. The van der Waals surface area contributed by atoms with Gasteiger partial charge in [0, 0.05) is 36.0 Å². The van der Waals surface area contributed by atoms with Gasteiger partial charge in [-0.2, -0.15) is 0 Å². The summed E-state index contributed by atoms with van der Waals surface area (Å²) in [7, 11) is 0. The second-order valence-corrected chi connectivity index (χ2v) is 6.84. The van der Waals surface area contributed by atoms with Crippen molar-refractivity contribution in [2.75, 3.05) is 17.2 Å². The minimum atomic E-state index is -0.249. The van der Waals surface area contributed by atoms with Gasteiger partial charge in [-0.05, 0) is 36.2 Å². The quantitative estimate of drug-likeness (QED) is 0.427. The number of anilines is 2. The summed E-state index contributed by atoms with van der Waals surface area (Å²) < 4.78 is 0. The minimum Gasteiger partial charge on any atom is -0.383 e. The number of hydrogen-bond acceptors (Lipinski definition) is 3. The Labute approximate surface area is 167 Å². The first kappa shape index (κ1) is 18.1. The molecule has 0 radical (unpaired) electrons. The van der Waals surface area contributed by atoms with Crippen molar-refractivity contribution in [2.24, 2.45) is 0 Å². The molecule has 4 rings (SSSR count). The Hall–Kier alpha value is -3.31. The van der Waals surface area contributed by atoms with Gasteiger partial charge in [-0.25, -0.2) is 0 Å². The highest BCUT2D eigenvalue weighted by Crippen LogP contribution is 2.22. The van der Waals surface area contributed by atoms with Crippen molar-refractivity contribution in [2.45, 2.75) is 6.42 Å². The van der Waals surface area contributed by atoms with Gasteiger partial charge in [-0.15, -0.1) is 0 Å². The summed E-state index contributed by atoms with van der Waals surface area (Å²) in [5.74, 6) is -0.249. The SMILES string of the molecule is O=C(Nc1ccccc1Cl)c1cncc(NCCc2c[nH]c3ccccc23)c1. The lowest BCUT2D eigenvalue weighted by molar-refractivity contribution is 0.102. The molecular formula is C22H19ClN4O. The van der Waals surface area contributed by atoms with Gasteiger partial charge in [0.1, 0.15) is 0 Å². The van der Waals surface area contributed by atoms with E-state index in [-0.39, 0.29) is 5.91 Å². The molecule has 0 unspecified atom stereocenters. The topological polar surface area (TPSA) is 69.8 Å². The molecule has 0 saturated carbocycles. The standard InChI is InChI=1S/C22H19ClN4O/c23-19-6-2-4-8-21(19)27-22(28)16-11-17(14-24-12-16)25-10-9-15-13-26-20-7-3-1-5-18(15)20/h1-8,11-14,25-26H,9-10H2,(H,27,28). The summed E-state index contributed by atoms with van der Waals surface area (Å²) in [6.45, 7) is 0.735. The van der Waals surface area contributed by atoms with E-state index in [4.69, 9.17) is 11.6 Å². The number of hydrogen-bond donors (Lipinski definition) is 3. The number of amides is 1. The molecule has 0 aliphatic heterocycles. The van der Waals surface area contributed by atoms with Gasteiger partial charge in [0.15, 0.2) is 0 Å². The van der Waals surface area contributed by atoms with Crippen LogP contribution in [-0.2, 0) is 6.42 Å². The van der Waals surface area contributed by atoms with E-state index in [1.807, 2.05) is 30.5 Å². The van der Waals surface area contributed by atoms with Crippen molar-refractivity contribution < 1.29 is 4.79 Å². The van der Waals surface area contributed by atoms with Crippen molar-refractivity contribution in [3.05, 3.63) is 89.3 Å². The number of para-hydroxylation sites is 2. The fraction of sp³-hybridized carbons (Fsp3) is 0.0909. The number of carbonyl (C=O) groups is 1. The number of carbonyl (C=O) groups excluding carboxylic acids is 1. The molecule has 2 heterocycles. The average Bonchev–Trinajstić information content (AvgIpc) is 3.13. The van der Waals surface area contributed by atoms with E-state index in [1.165, 1.54) is 17.1 Å². The summed E-state index contributed by atoms with van der Waals surface area (Å²) in [4.78, 5) is 19.9. The zero-order valence-corrected chi connectivity index (χ0v) is 15.8. The van der Waals surface area contributed by atoms with Crippen LogP contribution in [0, 0.1) is 0 Å². The van der Waals surface area contributed by atoms with E-state index >= 15 is 0 Å². The molecule has 140 valence electrons. The van der Waals surface area contributed by atoms with E-state index in [9.17, 15) is 4.79 Å². The molecule has 0 aliphatic rings. The normalized spacial score (nSPS) is 10.8. The van der Waals surface area contributed by atoms with Crippen molar-refractivity contribution in [3.8, 4) is 0 Å². The molecule has 28 heavy (non-hydrogen) atoms. The third-order valence-electron chi connectivity index (χ3n) is 4.52. The Bertz CT molecular complexity index is 1120. The Kier molecular flexibility index (Phi) is 5.26. The number of H-pyrrole nitrogens is 1. The summed E-state index contributed by atoms with van der Waals surface area (Å²) >= 11 is 6.10. The summed E-state index contributed by atoms with van der Waals surface area (Å²) in [5.41, 5.74) is 4.23. The highest BCUT2D eigenvalue weighted by molar-refractivity contribution is 6.33. The van der Waals surface area contributed by atoms with Crippen LogP contribution in [0.5, 0.6) is 0 Å². The predicted octanol–water partition coefficient (Wildman–Crippen LogP) is 5.12. The molecule has 0 saturated heterocycles. The molecule has 3 N–H and O–H groups in total. The first-order valence-electron chi connectivity index (χ1n) is 9.00. The molecular weight excluding hydrogens is 372 g/mol. The van der Waals surface area contributed by atoms with Crippen LogP contribution in [0.25, 0.3) is 10.9 Å². The van der Waals surface area contributed by atoms with Gasteiger partial charge >= 0.3 is 0 Å². The lowest BCUT2D eigenvalue weighted by Crippen LogP contribution is -2.13. The third-order valence-corrected chi connectivity index (χ3v) is 4.85. The molecule has 1 amide bonds. The Morgan fingerprint density at radius 1 is 1.07 bits per heavy atom. The van der Waals surface area contributed by atoms with Crippen LogP contribution in [0.2, 0.25) is 5.02 Å². The van der Waals surface area contributed by atoms with Crippen LogP contribution in [-0.4, -0.2) is 22.4 Å².